The summed E-state index contributed by atoms with van der Waals surface area (Å²) in [5, 5.41) is 6.56. The topological polar surface area (TPSA) is 77.0 Å². The number of nitrogens with zero attached hydrogens (tertiary/aromatic N) is 2. The molecule has 0 atom stereocenters. The van der Waals surface area contributed by atoms with Gasteiger partial charge in [-0.2, -0.15) is 0 Å². The van der Waals surface area contributed by atoms with Gasteiger partial charge in [-0.25, -0.2) is 4.98 Å². The number of pyridine rings is 1. The highest BCUT2D eigenvalue weighted by Crippen LogP contribution is 2.32. The minimum atomic E-state index is 0.553. The Kier molecular flexibility index (Phi) is 6.73. The largest absolute Gasteiger partial charge is 0.490 e. The molecule has 7 nitrogen and oxygen atoms in total. The number of aliphatic imine (C=N–C) groups is 1. The van der Waals surface area contributed by atoms with Gasteiger partial charge in [0.05, 0.1) is 19.8 Å². The van der Waals surface area contributed by atoms with Crippen molar-refractivity contribution in [2.45, 2.75) is 26.3 Å². The molecule has 0 unspecified atom stereocenters. The van der Waals surface area contributed by atoms with E-state index in [9.17, 15) is 0 Å². The molecule has 3 rings (SSSR count). The second-order valence-corrected chi connectivity index (χ2v) is 6.08. The van der Waals surface area contributed by atoms with Crippen molar-refractivity contribution in [3.8, 4) is 17.4 Å². The Morgan fingerprint density at radius 1 is 1.22 bits per heavy atom. The fourth-order valence-corrected chi connectivity index (χ4v) is 2.62. The van der Waals surface area contributed by atoms with Crippen molar-refractivity contribution in [3.63, 3.8) is 0 Å². The average Bonchev–Trinajstić information content (AvgIpc) is 2.95. The van der Waals surface area contributed by atoms with Crippen LogP contribution in [0.2, 0.25) is 0 Å². The Morgan fingerprint density at radius 2 is 2.07 bits per heavy atom. The normalized spacial score (nSPS) is 13.6. The van der Waals surface area contributed by atoms with Crippen molar-refractivity contribution in [3.05, 3.63) is 42.1 Å². The predicted octanol–water partition coefficient (Wildman–Crippen LogP) is 3.22. The molecule has 27 heavy (non-hydrogen) atoms. The minimum absolute atomic E-state index is 0.553. The van der Waals surface area contributed by atoms with E-state index in [-0.39, 0.29) is 0 Å². The van der Waals surface area contributed by atoms with Crippen LogP contribution in [0.3, 0.4) is 0 Å². The lowest BCUT2D eigenvalue weighted by Crippen LogP contribution is -2.30. The molecule has 1 aliphatic rings. The number of guanidine groups is 1. The molecule has 0 saturated heterocycles. The van der Waals surface area contributed by atoms with E-state index in [0.29, 0.717) is 38.2 Å². The fourth-order valence-electron chi connectivity index (χ4n) is 2.62. The minimum Gasteiger partial charge on any atom is -0.490 e. The maximum Gasteiger partial charge on any atom is 0.218 e. The van der Waals surface area contributed by atoms with E-state index in [4.69, 9.17) is 14.2 Å². The fraction of sp³-hybridized carbons (Fsp3) is 0.400. The first-order valence-corrected chi connectivity index (χ1v) is 9.24. The SMILES string of the molecule is CCCOc1ncccc1CNC(=NC)Nc1ccc2c(c1)OCCCO2. The van der Waals surface area contributed by atoms with Crippen molar-refractivity contribution in [2.75, 3.05) is 32.2 Å². The van der Waals surface area contributed by atoms with Crippen molar-refractivity contribution >= 4 is 11.6 Å². The number of hydrogen-bond acceptors (Lipinski definition) is 5. The van der Waals surface area contributed by atoms with Crippen LogP contribution in [0.4, 0.5) is 5.69 Å². The second kappa shape index (κ2) is 9.66. The first kappa shape index (κ1) is 18.8. The van der Waals surface area contributed by atoms with Crippen LogP contribution in [-0.4, -0.2) is 37.8 Å². The molecule has 0 aliphatic carbocycles. The summed E-state index contributed by atoms with van der Waals surface area (Å²) >= 11 is 0. The molecule has 2 N–H and O–H groups in total. The van der Waals surface area contributed by atoms with Crippen LogP contribution in [0.25, 0.3) is 0 Å². The van der Waals surface area contributed by atoms with Gasteiger partial charge in [-0.05, 0) is 24.6 Å². The van der Waals surface area contributed by atoms with Crippen molar-refractivity contribution in [1.29, 1.82) is 0 Å². The zero-order valence-electron chi connectivity index (χ0n) is 15.8. The molecule has 0 radical (unpaired) electrons. The summed E-state index contributed by atoms with van der Waals surface area (Å²) in [5.74, 6) is 2.82. The molecule has 2 heterocycles. The Morgan fingerprint density at radius 3 is 2.89 bits per heavy atom. The van der Waals surface area contributed by atoms with E-state index in [1.54, 1.807) is 13.2 Å². The number of anilines is 1. The van der Waals surface area contributed by atoms with E-state index >= 15 is 0 Å². The van der Waals surface area contributed by atoms with E-state index in [0.717, 1.165) is 35.6 Å². The maximum atomic E-state index is 5.74. The standard InChI is InChI=1S/C20H26N4O3/c1-3-10-27-19-15(6-4-9-22-19)14-23-20(21-2)24-16-7-8-17-18(13-16)26-12-5-11-25-17/h4,6-9,13H,3,5,10-12,14H2,1-2H3,(H2,21,23,24). The molecule has 7 heteroatoms. The number of benzene rings is 1. The molecule has 1 aromatic carbocycles. The molecular formula is C20H26N4O3. The van der Waals surface area contributed by atoms with E-state index in [2.05, 4.69) is 27.5 Å². The van der Waals surface area contributed by atoms with Gasteiger partial charge in [-0.3, -0.25) is 4.99 Å². The highest BCUT2D eigenvalue weighted by Gasteiger charge is 2.12. The zero-order chi connectivity index (χ0) is 18.9. The van der Waals surface area contributed by atoms with Crippen LogP contribution >= 0.6 is 0 Å². The monoisotopic (exact) mass is 370 g/mol. The number of rotatable bonds is 6. The molecule has 0 fully saturated rings. The quantitative estimate of drug-likeness (QED) is 0.601. The number of aromatic nitrogens is 1. The molecule has 1 aliphatic heterocycles. The summed E-state index contributed by atoms with van der Waals surface area (Å²) in [7, 11) is 1.73. The zero-order valence-corrected chi connectivity index (χ0v) is 15.8. The van der Waals surface area contributed by atoms with Gasteiger partial charge in [0.15, 0.2) is 17.5 Å². The average molecular weight is 370 g/mol. The number of ether oxygens (including phenoxy) is 3. The van der Waals surface area contributed by atoms with Crippen LogP contribution in [0, 0.1) is 0 Å². The summed E-state index contributed by atoms with van der Waals surface area (Å²) in [6.45, 7) is 4.61. The Balaban J connectivity index is 1.63. The number of hydrogen-bond donors (Lipinski definition) is 2. The van der Waals surface area contributed by atoms with Gasteiger partial charge in [0.2, 0.25) is 5.88 Å². The third kappa shape index (κ3) is 5.26. The Labute approximate surface area is 159 Å². The Hall–Kier alpha value is -2.96. The van der Waals surface area contributed by atoms with Crippen LogP contribution < -0.4 is 24.8 Å². The summed E-state index contributed by atoms with van der Waals surface area (Å²) in [4.78, 5) is 8.59. The van der Waals surface area contributed by atoms with Crippen molar-refractivity contribution in [2.24, 2.45) is 4.99 Å². The molecular weight excluding hydrogens is 344 g/mol. The van der Waals surface area contributed by atoms with E-state index in [1.807, 2.05) is 30.3 Å². The van der Waals surface area contributed by atoms with Gasteiger partial charge in [0, 0.05) is 43.5 Å². The number of fused-ring (bicyclic) bond motifs is 1. The molecule has 1 aromatic heterocycles. The maximum absolute atomic E-state index is 5.74. The van der Waals surface area contributed by atoms with E-state index in [1.165, 1.54) is 0 Å². The Bertz CT molecular complexity index is 780. The lowest BCUT2D eigenvalue weighted by molar-refractivity contribution is 0.297. The molecule has 144 valence electrons. The number of nitrogens with one attached hydrogen (secondary N) is 2. The predicted molar refractivity (Wildman–Crippen MR) is 106 cm³/mol. The summed E-state index contributed by atoms with van der Waals surface area (Å²) in [5.41, 5.74) is 1.86. The van der Waals surface area contributed by atoms with Crippen molar-refractivity contribution in [1.82, 2.24) is 10.3 Å². The molecule has 2 aromatic rings. The summed E-state index contributed by atoms with van der Waals surface area (Å²) < 4.78 is 17.1. The third-order valence-electron chi connectivity index (χ3n) is 3.97. The van der Waals surface area contributed by atoms with Crippen LogP contribution in [-0.2, 0) is 6.54 Å². The van der Waals surface area contributed by atoms with Gasteiger partial charge in [0.25, 0.3) is 0 Å². The lowest BCUT2D eigenvalue weighted by Gasteiger charge is -2.15. The van der Waals surface area contributed by atoms with Crippen LogP contribution in [0.5, 0.6) is 17.4 Å². The molecule has 0 spiro atoms. The van der Waals surface area contributed by atoms with Gasteiger partial charge in [0.1, 0.15) is 0 Å². The molecule has 0 saturated carbocycles. The molecule has 0 amide bonds. The van der Waals surface area contributed by atoms with E-state index < -0.39 is 0 Å². The summed E-state index contributed by atoms with van der Waals surface area (Å²) in [6.07, 6.45) is 3.56. The van der Waals surface area contributed by atoms with Crippen LogP contribution in [0.1, 0.15) is 25.3 Å². The van der Waals surface area contributed by atoms with Crippen LogP contribution in [0.15, 0.2) is 41.5 Å². The highest BCUT2D eigenvalue weighted by atomic mass is 16.5. The van der Waals surface area contributed by atoms with Gasteiger partial charge in [-0.15, -0.1) is 0 Å². The van der Waals surface area contributed by atoms with Gasteiger partial charge >= 0.3 is 0 Å². The smallest absolute Gasteiger partial charge is 0.218 e. The van der Waals surface area contributed by atoms with Gasteiger partial charge < -0.3 is 24.8 Å². The summed E-state index contributed by atoms with van der Waals surface area (Å²) in [6, 6.07) is 9.67. The highest BCUT2D eigenvalue weighted by molar-refractivity contribution is 5.93. The first-order valence-electron chi connectivity index (χ1n) is 9.24. The second-order valence-electron chi connectivity index (χ2n) is 6.08. The third-order valence-corrected chi connectivity index (χ3v) is 3.97. The van der Waals surface area contributed by atoms with Gasteiger partial charge in [-0.1, -0.05) is 13.0 Å². The lowest BCUT2D eigenvalue weighted by atomic mass is 10.2. The first-order chi connectivity index (χ1) is 13.3. The van der Waals surface area contributed by atoms with Crippen molar-refractivity contribution < 1.29 is 14.2 Å². The molecule has 0 bridgehead atoms.